The van der Waals surface area contributed by atoms with Crippen molar-refractivity contribution in [3.63, 3.8) is 0 Å². The molecule has 32 valence electrons. The molecule has 0 aromatic carbocycles. The molecule has 0 unspecified atom stereocenters. The molecule has 1 nitrogen and oxygen atoms in total. The number of thiol groups is 1. The van der Waals surface area contributed by atoms with Crippen LogP contribution < -0.4 is 5.32 Å². The van der Waals surface area contributed by atoms with Gasteiger partial charge in [0.05, 0.1) is 0 Å². The SMILES string of the molecule is CCNCS. The van der Waals surface area contributed by atoms with Crippen LogP contribution in [0.25, 0.3) is 0 Å². The summed E-state index contributed by atoms with van der Waals surface area (Å²) in [6.45, 7) is 3.07. The van der Waals surface area contributed by atoms with Crippen LogP contribution in [0, 0.1) is 0 Å². The standard InChI is InChI=1S/C3H9NS/c1-2-4-3-5/h4-5H,2-3H2,1H3. The number of rotatable bonds is 2. The summed E-state index contributed by atoms with van der Waals surface area (Å²) >= 11 is 3.89. The second-order valence-electron chi connectivity index (χ2n) is 0.762. The van der Waals surface area contributed by atoms with Gasteiger partial charge in [-0.15, -0.1) is 0 Å². The van der Waals surface area contributed by atoms with Crippen molar-refractivity contribution in [3.05, 3.63) is 0 Å². The van der Waals surface area contributed by atoms with Crippen molar-refractivity contribution in [3.8, 4) is 0 Å². The predicted octanol–water partition coefficient (Wildman–Crippen LogP) is 0.483. The summed E-state index contributed by atoms with van der Waals surface area (Å²) in [4.78, 5) is 0. The molecule has 5 heavy (non-hydrogen) atoms. The van der Waals surface area contributed by atoms with E-state index >= 15 is 0 Å². The fourth-order valence-corrected chi connectivity index (χ4v) is 0.335. The number of hydrogen-bond acceptors (Lipinski definition) is 2. The molecule has 0 aliphatic carbocycles. The van der Waals surface area contributed by atoms with Gasteiger partial charge in [0, 0.05) is 5.88 Å². The topological polar surface area (TPSA) is 12.0 Å². The first-order valence-corrected chi connectivity index (χ1v) is 2.36. The summed E-state index contributed by atoms with van der Waals surface area (Å²) in [6, 6.07) is 0. The quantitative estimate of drug-likeness (QED) is 0.372. The van der Waals surface area contributed by atoms with E-state index in [0.29, 0.717) is 0 Å². The van der Waals surface area contributed by atoms with Crippen LogP contribution in [0.5, 0.6) is 0 Å². The normalized spacial score (nSPS) is 8.40. The van der Waals surface area contributed by atoms with Crippen LogP contribution in [0.4, 0.5) is 0 Å². The number of nitrogens with one attached hydrogen (secondary N) is 1. The summed E-state index contributed by atoms with van der Waals surface area (Å²) in [5.74, 6) is 0.788. The van der Waals surface area contributed by atoms with Crippen LogP contribution in [0.3, 0.4) is 0 Å². The number of hydrogen-bond donors (Lipinski definition) is 2. The average Bonchev–Trinajstić information content (AvgIpc) is 1.41. The van der Waals surface area contributed by atoms with Crippen molar-refractivity contribution in [2.75, 3.05) is 12.4 Å². The molecule has 0 aliphatic rings. The maximum absolute atomic E-state index is 3.89. The van der Waals surface area contributed by atoms with E-state index in [1.54, 1.807) is 0 Å². The Hall–Kier alpha value is 0.310. The third-order valence-corrected chi connectivity index (χ3v) is 0.585. The third kappa shape index (κ3) is 4.31. The summed E-state index contributed by atoms with van der Waals surface area (Å²) < 4.78 is 0. The van der Waals surface area contributed by atoms with Gasteiger partial charge in [-0.3, -0.25) is 0 Å². The summed E-state index contributed by atoms with van der Waals surface area (Å²) in [5.41, 5.74) is 0. The van der Waals surface area contributed by atoms with E-state index in [1.165, 1.54) is 0 Å². The Morgan fingerprint density at radius 1 is 1.80 bits per heavy atom. The highest BCUT2D eigenvalue weighted by atomic mass is 32.1. The summed E-state index contributed by atoms with van der Waals surface area (Å²) in [6.07, 6.45) is 0. The first-order chi connectivity index (χ1) is 2.41. The van der Waals surface area contributed by atoms with Crippen molar-refractivity contribution in [2.24, 2.45) is 0 Å². The molecule has 0 aromatic rings. The highest BCUT2D eigenvalue weighted by Crippen LogP contribution is 1.59. The lowest BCUT2D eigenvalue weighted by Crippen LogP contribution is -2.08. The van der Waals surface area contributed by atoms with Gasteiger partial charge < -0.3 is 5.32 Å². The van der Waals surface area contributed by atoms with Crippen molar-refractivity contribution in [1.82, 2.24) is 5.32 Å². The highest BCUT2D eigenvalue weighted by molar-refractivity contribution is 7.80. The van der Waals surface area contributed by atoms with Gasteiger partial charge in [0.15, 0.2) is 0 Å². The zero-order valence-corrected chi connectivity index (χ0v) is 4.26. The second kappa shape index (κ2) is 4.31. The molecule has 0 saturated carbocycles. The molecule has 1 N–H and O–H groups in total. The lowest BCUT2D eigenvalue weighted by molar-refractivity contribution is 0.843. The summed E-state index contributed by atoms with van der Waals surface area (Å²) in [7, 11) is 0. The van der Waals surface area contributed by atoms with E-state index in [1.807, 2.05) is 0 Å². The Morgan fingerprint density at radius 3 is 2.40 bits per heavy atom. The molecule has 0 radical (unpaired) electrons. The van der Waals surface area contributed by atoms with Gasteiger partial charge in [0.1, 0.15) is 0 Å². The van der Waals surface area contributed by atoms with Gasteiger partial charge in [0.25, 0.3) is 0 Å². The molecule has 0 amide bonds. The van der Waals surface area contributed by atoms with Crippen LogP contribution in [0.15, 0.2) is 0 Å². The van der Waals surface area contributed by atoms with Gasteiger partial charge >= 0.3 is 0 Å². The molecule has 0 saturated heterocycles. The first kappa shape index (κ1) is 5.31. The van der Waals surface area contributed by atoms with Crippen LogP contribution in [-0.2, 0) is 0 Å². The van der Waals surface area contributed by atoms with Crippen LogP contribution in [-0.4, -0.2) is 12.4 Å². The lowest BCUT2D eigenvalue weighted by Gasteiger charge is -1.85. The van der Waals surface area contributed by atoms with E-state index in [-0.39, 0.29) is 0 Å². The van der Waals surface area contributed by atoms with E-state index in [9.17, 15) is 0 Å². The molecular formula is C3H9NS. The van der Waals surface area contributed by atoms with Crippen LogP contribution in [0.1, 0.15) is 6.92 Å². The molecule has 0 fully saturated rings. The van der Waals surface area contributed by atoms with Gasteiger partial charge in [-0.25, -0.2) is 0 Å². The minimum atomic E-state index is 0.788. The van der Waals surface area contributed by atoms with Crippen molar-refractivity contribution < 1.29 is 0 Å². The Kier molecular flexibility index (Phi) is 4.58. The highest BCUT2D eigenvalue weighted by Gasteiger charge is 1.63. The maximum Gasteiger partial charge on any atom is 0.0387 e. The van der Waals surface area contributed by atoms with Crippen LogP contribution in [0.2, 0.25) is 0 Å². The Morgan fingerprint density at radius 2 is 2.40 bits per heavy atom. The van der Waals surface area contributed by atoms with Crippen LogP contribution >= 0.6 is 12.6 Å². The Labute approximate surface area is 38.2 Å². The molecular weight excluding hydrogens is 82.1 g/mol. The molecule has 0 aromatic heterocycles. The minimum Gasteiger partial charge on any atom is -0.308 e. The monoisotopic (exact) mass is 91.0 g/mol. The minimum absolute atomic E-state index is 0.788. The largest absolute Gasteiger partial charge is 0.308 e. The Bertz CT molecular complexity index is 14.4. The van der Waals surface area contributed by atoms with Gasteiger partial charge in [-0.2, -0.15) is 12.6 Å². The van der Waals surface area contributed by atoms with Gasteiger partial charge in [-0.1, -0.05) is 6.92 Å². The second-order valence-corrected chi connectivity index (χ2v) is 1.08. The first-order valence-electron chi connectivity index (χ1n) is 1.73. The lowest BCUT2D eigenvalue weighted by atomic mass is 10.8. The fourth-order valence-electron chi connectivity index (χ4n) is 0.112. The smallest absolute Gasteiger partial charge is 0.0387 e. The van der Waals surface area contributed by atoms with Crippen molar-refractivity contribution in [1.29, 1.82) is 0 Å². The van der Waals surface area contributed by atoms with Crippen molar-refractivity contribution >= 4 is 12.6 Å². The zero-order valence-electron chi connectivity index (χ0n) is 3.36. The molecule has 0 spiro atoms. The van der Waals surface area contributed by atoms with E-state index in [4.69, 9.17) is 0 Å². The summed E-state index contributed by atoms with van der Waals surface area (Å²) in [5, 5.41) is 2.98. The molecule has 0 bridgehead atoms. The van der Waals surface area contributed by atoms with E-state index < -0.39 is 0 Å². The average molecular weight is 91.2 g/mol. The third-order valence-electron chi connectivity index (χ3n) is 0.362. The molecule has 0 heterocycles. The molecule has 0 rings (SSSR count). The molecule has 2 heteroatoms. The zero-order chi connectivity index (χ0) is 4.12. The van der Waals surface area contributed by atoms with E-state index in [2.05, 4.69) is 24.9 Å². The molecule has 0 atom stereocenters. The molecule has 0 aliphatic heterocycles. The fraction of sp³-hybridized carbons (Fsp3) is 1.00. The Balaban J connectivity index is 2.19. The van der Waals surface area contributed by atoms with Gasteiger partial charge in [0.2, 0.25) is 0 Å². The van der Waals surface area contributed by atoms with Gasteiger partial charge in [-0.05, 0) is 6.54 Å². The predicted molar refractivity (Wildman–Crippen MR) is 27.5 cm³/mol. The maximum atomic E-state index is 3.89. The van der Waals surface area contributed by atoms with Crippen molar-refractivity contribution in [2.45, 2.75) is 6.92 Å². The van der Waals surface area contributed by atoms with E-state index in [0.717, 1.165) is 12.4 Å².